The molecule has 0 spiro atoms. The highest BCUT2D eigenvalue weighted by Crippen LogP contribution is 2.25. The number of ether oxygens (including phenoxy) is 1. The highest BCUT2D eigenvalue weighted by molar-refractivity contribution is 5.96. The standard InChI is InChI=1S/C13H18FN3O3/c1-4-16-12(18)7-17(2)11-5-8(13(19)20-3)10(15)6-9(11)14/h5-6H,4,7,15H2,1-3H3,(H,16,18). The van der Waals surface area contributed by atoms with Crippen molar-refractivity contribution in [3.8, 4) is 0 Å². The van der Waals surface area contributed by atoms with Crippen molar-refractivity contribution >= 4 is 23.3 Å². The zero-order chi connectivity index (χ0) is 15.3. The van der Waals surface area contributed by atoms with Gasteiger partial charge in [-0.1, -0.05) is 0 Å². The summed E-state index contributed by atoms with van der Waals surface area (Å²) in [5.41, 5.74) is 5.73. The Balaban J connectivity index is 3.05. The molecule has 0 aliphatic heterocycles. The van der Waals surface area contributed by atoms with Crippen LogP contribution in [0.25, 0.3) is 0 Å². The molecule has 0 radical (unpaired) electrons. The zero-order valence-corrected chi connectivity index (χ0v) is 11.7. The Hall–Kier alpha value is -2.31. The summed E-state index contributed by atoms with van der Waals surface area (Å²) in [6, 6.07) is 2.31. The largest absolute Gasteiger partial charge is 0.465 e. The van der Waals surface area contributed by atoms with Gasteiger partial charge in [0.25, 0.3) is 0 Å². The smallest absolute Gasteiger partial charge is 0.340 e. The average Bonchev–Trinajstić information content (AvgIpc) is 2.38. The number of rotatable bonds is 5. The number of halogens is 1. The molecule has 20 heavy (non-hydrogen) atoms. The first kappa shape index (κ1) is 15.7. The molecule has 0 fully saturated rings. The van der Waals surface area contributed by atoms with Crippen molar-refractivity contribution in [2.45, 2.75) is 6.92 Å². The second-order valence-electron chi connectivity index (χ2n) is 4.19. The molecule has 0 heterocycles. The Labute approximate surface area is 116 Å². The SMILES string of the molecule is CCNC(=O)CN(C)c1cc(C(=O)OC)c(N)cc1F. The van der Waals surface area contributed by atoms with Gasteiger partial charge in [0.05, 0.1) is 24.9 Å². The van der Waals surface area contributed by atoms with Gasteiger partial charge in [-0.2, -0.15) is 0 Å². The second kappa shape index (κ2) is 6.74. The fraction of sp³-hybridized carbons (Fsp3) is 0.385. The van der Waals surface area contributed by atoms with Crippen molar-refractivity contribution in [2.24, 2.45) is 0 Å². The fourth-order valence-corrected chi connectivity index (χ4v) is 1.71. The van der Waals surface area contributed by atoms with Crippen LogP contribution in [-0.2, 0) is 9.53 Å². The number of nitrogens with zero attached hydrogens (tertiary/aromatic N) is 1. The van der Waals surface area contributed by atoms with E-state index in [0.29, 0.717) is 6.54 Å². The summed E-state index contributed by atoms with van der Waals surface area (Å²) in [5, 5.41) is 2.61. The van der Waals surface area contributed by atoms with Gasteiger partial charge in [0.2, 0.25) is 5.91 Å². The van der Waals surface area contributed by atoms with Crippen LogP contribution in [0.3, 0.4) is 0 Å². The summed E-state index contributed by atoms with van der Waals surface area (Å²) in [6.07, 6.45) is 0. The van der Waals surface area contributed by atoms with Gasteiger partial charge >= 0.3 is 5.97 Å². The predicted octanol–water partition coefficient (Wildman–Crippen LogP) is 0.767. The fourth-order valence-electron chi connectivity index (χ4n) is 1.71. The first-order valence-corrected chi connectivity index (χ1v) is 6.05. The number of likely N-dealkylation sites (N-methyl/N-ethyl adjacent to an activating group) is 2. The van der Waals surface area contributed by atoms with Gasteiger partial charge < -0.3 is 20.7 Å². The maximum absolute atomic E-state index is 13.9. The number of nitrogens with one attached hydrogen (secondary N) is 1. The molecular weight excluding hydrogens is 265 g/mol. The molecule has 1 amide bonds. The van der Waals surface area contributed by atoms with Crippen LogP contribution in [0.15, 0.2) is 12.1 Å². The van der Waals surface area contributed by atoms with Gasteiger partial charge in [0.1, 0.15) is 5.82 Å². The van der Waals surface area contributed by atoms with Crippen molar-refractivity contribution in [2.75, 3.05) is 37.9 Å². The third-order valence-electron chi connectivity index (χ3n) is 2.69. The lowest BCUT2D eigenvalue weighted by Gasteiger charge is -2.20. The normalized spacial score (nSPS) is 10.0. The van der Waals surface area contributed by atoms with E-state index in [4.69, 9.17) is 5.73 Å². The van der Waals surface area contributed by atoms with Crippen LogP contribution < -0.4 is 16.0 Å². The first-order chi connectivity index (χ1) is 9.40. The minimum atomic E-state index is -0.657. The number of anilines is 2. The molecule has 1 aromatic rings. The van der Waals surface area contributed by atoms with Gasteiger partial charge in [0, 0.05) is 19.3 Å². The minimum Gasteiger partial charge on any atom is -0.465 e. The Bertz CT molecular complexity index is 520. The second-order valence-corrected chi connectivity index (χ2v) is 4.19. The van der Waals surface area contributed by atoms with Gasteiger partial charge in [0.15, 0.2) is 0 Å². The van der Waals surface area contributed by atoms with Crippen molar-refractivity contribution in [3.63, 3.8) is 0 Å². The molecule has 0 saturated heterocycles. The molecule has 0 aliphatic carbocycles. The number of amides is 1. The van der Waals surface area contributed by atoms with Gasteiger partial charge in [-0.25, -0.2) is 9.18 Å². The highest BCUT2D eigenvalue weighted by Gasteiger charge is 2.18. The van der Waals surface area contributed by atoms with Crippen molar-refractivity contribution in [3.05, 3.63) is 23.5 Å². The average molecular weight is 283 g/mol. The molecule has 1 rings (SSSR count). The highest BCUT2D eigenvalue weighted by atomic mass is 19.1. The van der Waals surface area contributed by atoms with E-state index in [1.165, 1.54) is 18.1 Å². The lowest BCUT2D eigenvalue weighted by atomic mass is 10.1. The summed E-state index contributed by atoms with van der Waals surface area (Å²) in [5.74, 6) is -1.51. The molecule has 6 nitrogen and oxygen atoms in total. The summed E-state index contributed by atoms with van der Waals surface area (Å²) >= 11 is 0. The summed E-state index contributed by atoms with van der Waals surface area (Å²) in [6.45, 7) is 2.25. The monoisotopic (exact) mass is 283 g/mol. The van der Waals surface area contributed by atoms with Crippen molar-refractivity contribution < 1.29 is 18.7 Å². The molecule has 0 unspecified atom stereocenters. The van der Waals surface area contributed by atoms with E-state index in [1.54, 1.807) is 14.0 Å². The first-order valence-electron chi connectivity index (χ1n) is 6.05. The maximum Gasteiger partial charge on any atom is 0.340 e. The van der Waals surface area contributed by atoms with E-state index in [1.807, 2.05) is 0 Å². The number of carbonyl (C=O) groups excluding carboxylic acids is 2. The molecule has 0 aliphatic rings. The van der Waals surface area contributed by atoms with Crippen molar-refractivity contribution in [1.82, 2.24) is 5.32 Å². The minimum absolute atomic E-state index is 0.00971. The van der Waals surface area contributed by atoms with Gasteiger partial charge in [-0.15, -0.1) is 0 Å². The van der Waals surface area contributed by atoms with Crippen LogP contribution >= 0.6 is 0 Å². The van der Waals surface area contributed by atoms with Crippen LogP contribution in [0.4, 0.5) is 15.8 Å². The van der Waals surface area contributed by atoms with Crippen LogP contribution in [-0.4, -0.2) is 39.1 Å². The number of nitrogens with two attached hydrogens (primary N) is 1. The van der Waals surface area contributed by atoms with Crippen LogP contribution in [0, 0.1) is 5.82 Å². The molecule has 0 aromatic heterocycles. The molecule has 3 N–H and O–H groups in total. The topological polar surface area (TPSA) is 84.7 Å². The molecule has 0 bridgehead atoms. The predicted molar refractivity (Wildman–Crippen MR) is 74.1 cm³/mol. The number of methoxy groups -OCH3 is 1. The van der Waals surface area contributed by atoms with E-state index in [9.17, 15) is 14.0 Å². The lowest BCUT2D eigenvalue weighted by molar-refractivity contribution is -0.119. The number of hydrogen-bond acceptors (Lipinski definition) is 5. The van der Waals surface area contributed by atoms with Gasteiger partial charge in [-0.05, 0) is 19.1 Å². The van der Waals surface area contributed by atoms with Crippen molar-refractivity contribution in [1.29, 1.82) is 0 Å². The third kappa shape index (κ3) is 3.59. The van der Waals surface area contributed by atoms with Crippen LogP contribution in [0.1, 0.15) is 17.3 Å². The number of benzene rings is 1. The van der Waals surface area contributed by atoms with E-state index in [2.05, 4.69) is 10.1 Å². The molecule has 7 heteroatoms. The van der Waals surface area contributed by atoms with E-state index in [-0.39, 0.29) is 29.4 Å². The van der Waals surface area contributed by atoms with Crippen LogP contribution in [0.5, 0.6) is 0 Å². The Kier molecular flexibility index (Phi) is 5.31. The number of nitrogen functional groups attached to an aromatic ring is 1. The number of carbonyl (C=O) groups is 2. The van der Waals surface area contributed by atoms with E-state index < -0.39 is 11.8 Å². The molecule has 0 atom stereocenters. The Morgan fingerprint density at radius 2 is 2.10 bits per heavy atom. The zero-order valence-electron chi connectivity index (χ0n) is 11.7. The molecule has 110 valence electrons. The molecular formula is C13H18FN3O3. The van der Waals surface area contributed by atoms with Crippen LogP contribution in [0.2, 0.25) is 0 Å². The molecule has 1 aromatic carbocycles. The Morgan fingerprint density at radius 3 is 2.65 bits per heavy atom. The number of esters is 1. The molecule has 0 saturated carbocycles. The lowest BCUT2D eigenvalue weighted by Crippen LogP contribution is -2.35. The third-order valence-corrected chi connectivity index (χ3v) is 2.69. The van der Waals surface area contributed by atoms with E-state index in [0.717, 1.165) is 6.07 Å². The Morgan fingerprint density at radius 1 is 1.45 bits per heavy atom. The van der Waals surface area contributed by atoms with E-state index >= 15 is 0 Å². The summed E-state index contributed by atoms with van der Waals surface area (Å²) < 4.78 is 18.5. The number of hydrogen-bond donors (Lipinski definition) is 2. The quantitative estimate of drug-likeness (QED) is 0.616. The summed E-state index contributed by atoms with van der Waals surface area (Å²) in [7, 11) is 2.76. The van der Waals surface area contributed by atoms with Gasteiger partial charge in [-0.3, -0.25) is 4.79 Å². The maximum atomic E-state index is 13.9. The summed E-state index contributed by atoms with van der Waals surface area (Å²) in [4.78, 5) is 24.4.